The largest absolute Gasteiger partial charge is 0.454 e. The molecule has 3 rings (SSSR count). The third kappa shape index (κ3) is 4.35. The van der Waals surface area contributed by atoms with Gasteiger partial charge < -0.3 is 19.1 Å². The van der Waals surface area contributed by atoms with Gasteiger partial charge in [-0.05, 0) is 38.0 Å². The molecule has 1 aromatic rings. The van der Waals surface area contributed by atoms with E-state index >= 15 is 0 Å². The van der Waals surface area contributed by atoms with Gasteiger partial charge in [0.15, 0.2) is 27.9 Å². The molecule has 1 fully saturated rings. The van der Waals surface area contributed by atoms with Crippen LogP contribution in [0.25, 0.3) is 0 Å². The Balaban J connectivity index is 1.64. The molecular formula is C18H23NO7S. The highest BCUT2D eigenvalue weighted by Crippen LogP contribution is 2.32. The van der Waals surface area contributed by atoms with Crippen LogP contribution in [0.3, 0.4) is 0 Å². The first-order valence-electron chi connectivity index (χ1n) is 8.89. The van der Waals surface area contributed by atoms with E-state index in [1.807, 2.05) is 13.8 Å². The van der Waals surface area contributed by atoms with Crippen LogP contribution in [0.15, 0.2) is 18.2 Å². The third-order valence-corrected chi connectivity index (χ3v) is 6.64. The quantitative estimate of drug-likeness (QED) is 0.669. The van der Waals surface area contributed by atoms with Crippen molar-refractivity contribution in [3.05, 3.63) is 23.8 Å². The zero-order valence-electron chi connectivity index (χ0n) is 15.3. The lowest BCUT2D eigenvalue weighted by atomic mass is 10.1. The molecule has 0 aliphatic carbocycles. The number of hydrogen-bond donors (Lipinski definition) is 0. The highest BCUT2D eigenvalue weighted by atomic mass is 32.2. The number of carbonyl (C=O) groups excluding carboxylic acids is 2. The topological polar surface area (TPSA) is 99.2 Å². The molecule has 0 bridgehead atoms. The Bertz CT molecular complexity index is 836. The molecule has 0 saturated carbocycles. The Kier molecular flexibility index (Phi) is 5.59. The normalized spacial score (nSPS) is 20.9. The minimum Gasteiger partial charge on any atom is -0.454 e. The van der Waals surface area contributed by atoms with Crippen LogP contribution in [-0.2, 0) is 19.4 Å². The van der Waals surface area contributed by atoms with Gasteiger partial charge in [-0.15, -0.1) is 0 Å². The van der Waals surface area contributed by atoms with Crippen molar-refractivity contribution in [3.63, 3.8) is 0 Å². The molecule has 2 aliphatic rings. The summed E-state index contributed by atoms with van der Waals surface area (Å²) in [5.41, 5.74) is 0.255. The molecule has 9 heteroatoms. The van der Waals surface area contributed by atoms with Gasteiger partial charge in [0.05, 0.1) is 17.1 Å². The summed E-state index contributed by atoms with van der Waals surface area (Å²) in [6.45, 7) is 3.45. The summed E-state index contributed by atoms with van der Waals surface area (Å²) in [6.07, 6.45) is 1.09. The first-order chi connectivity index (χ1) is 12.8. The summed E-state index contributed by atoms with van der Waals surface area (Å²) in [7, 11) is -3.12. The van der Waals surface area contributed by atoms with Crippen LogP contribution in [0.2, 0.25) is 0 Å². The van der Waals surface area contributed by atoms with Crippen LogP contribution in [-0.4, -0.2) is 62.2 Å². The van der Waals surface area contributed by atoms with Crippen molar-refractivity contribution >= 4 is 21.7 Å². The van der Waals surface area contributed by atoms with E-state index in [1.165, 1.54) is 12.1 Å². The van der Waals surface area contributed by atoms with Gasteiger partial charge in [-0.25, -0.2) is 13.2 Å². The van der Waals surface area contributed by atoms with Crippen molar-refractivity contribution in [2.24, 2.45) is 0 Å². The molecule has 1 saturated heterocycles. The van der Waals surface area contributed by atoms with Crippen LogP contribution >= 0.6 is 0 Å². The zero-order chi connectivity index (χ0) is 19.6. The van der Waals surface area contributed by atoms with Gasteiger partial charge in [0, 0.05) is 12.1 Å². The molecule has 0 aromatic heterocycles. The first kappa shape index (κ1) is 19.5. The molecular weight excluding hydrogens is 374 g/mol. The van der Waals surface area contributed by atoms with Crippen molar-refractivity contribution < 1.29 is 32.2 Å². The predicted molar refractivity (Wildman–Crippen MR) is 96.5 cm³/mol. The third-order valence-electron chi connectivity index (χ3n) is 4.89. The summed E-state index contributed by atoms with van der Waals surface area (Å²) in [6, 6.07) is 4.14. The monoisotopic (exact) mass is 397 g/mol. The van der Waals surface area contributed by atoms with Gasteiger partial charge in [0.1, 0.15) is 0 Å². The summed E-state index contributed by atoms with van der Waals surface area (Å²) < 4.78 is 39.1. The average Bonchev–Trinajstić information content (AvgIpc) is 3.24. The van der Waals surface area contributed by atoms with E-state index < -0.39 is 22.4 Å². The van der Waals surface area contributed by atoms with Gasteiger partial charge in [-0.3, -0.25) is 4.79 Å². The molecule has 2 heterocycles. The van der Waals surface area contributed by atoms with Crippen LogP contribution in [0.4, 0.5) is 0 Å². The summed E-state index contributed by atoms with van der Waals surface area (Å²) in [4.78, 5) is 26.5. The molecule has 1 amide bonds. The number of hydrogen-bond acceptors (Lipinski definition) is 7. The van der Waals surface area contributed by atoms with E-state index in [0.29, 0.717) is 24.3 Å². The number of amides is 1. The number of rotatable bonds is 6. The van der Waals surface area contributed by atoms with Crippen molar-refractivity contribution in [1.82, 2.24) is 4.90 Å². The maximum atomic E-state index is 12.7. The maximum absolute atomic E-state index is 12.7. The molecule has 0 radical (unpaired) electrons. The molecule has 0 unspecified atom stereocenters. The second-order valence-electron chi connectivity index (χ2n) is 6.76. The van der Waals surface area contributed by atoms with Gasteiger partial charge in [0.25, 0.3) is 5.91 Å². The van der Waals surface area contributed by atoms with Gasteiger partial charge in [-0.2, -0.15) is 0 Å². The van der Waals surface area contributed by atoms with Crippen molar-refractivity contribution in [3.8, 4) is 11.5 Å². The molecule has 27 heavy (non-hydrogen) atoms. The number of benzene rings is 1. The molecule has 8 nitrogen and oxygen atoms in total. The lowest BCUT2D eigenvalue weighted by molar-refractivity contribution is -0.138. The molecule has 0 spiro atoms. The minimum atomic E-state index is -3.12. The molecule has 2 aliphatic heterocycles. The van der Waals surface area contributed by atoms with Gasteiger partial charge >= 0.3 is 5.97 Å². The standard InChI is InChI=1S/C18H23NO7S/c1-3-12(2)19(14-6-7-27(22,23)10-14)17(20)9-24-18(21)13-4-5-15-16(8-13)26-11-25-15/h4-5,8,12,14H,3,6-7,9-11H2,1-2H3/t12-,14-/m1/s1. The second kappa shape index (κ2) is 7.75. The maximum Gasteiger partial charge on any atom is 0.338 e. The van der Waals surface area contributed by atoms with Gasteiger partial charge in [0.2, 0.25) is 6.79 Å². The first-order valence-corrected chi connectivity index (χ1v) is 10.7. The Morgan fingerprint density at radius 3 is 2.70 bits per heavy atom. The van der Waals surface area contributed by atoms with Crippen LogP contribution < -0.4 is 9.47 Å². The van der Waals surface area contributed by atoms with E-state index in [9.17, 15) is 18.0 Å². The second-order valence-corrected chi connectivity index (χ2v) is 8.99. The lowest BCUT2D eigenvalue weighted by Gasteiger charge is -2.33. The van der Waals surface area contributed by atoms with Crippen molar-refractivity contribution in [1.29, 1.82) is 0 Å². The van der Waals surface area contributed by atoms with Crippen molar-refractivity contribution in [2.45, 2.75) is 38.8 Å². The Morgan fingerprint density at radius 1 is 1.30 bits per heavy atom. The molecule has 0 N–H and O–H groups in total. The highest BCUT2D eigenvalue weighted by molar-refractivity contribution is 7.91. The zero-order valence-corrected chi connectivity index (χ0v) is 16.2. The SMILES string of the molecule is CC[C@@H](C)N(C(=O)COC(=O)c1ccc2c(c1)OCO2)[C@@H]1CCS(=O)(=O)C1. The predicted octanol–water partition coefficient (Wildman–Crippen LogP) is 1.39. The molecule has 2 atom stereocenters. The van der Waals surface area contributed by atoms with Crippen LogP contribution in [0.5, 0.6) is 11.5 Å². The van der Waals surface area contributed by atoms with E-state index in [-0.39, 0.29) is 41.9 Å². The lowest BCUT2D eigenvalue weighted by Crippen LogP contribution is -2.48. The number of esters is 1. The number of ether oxygens (including phenoxy) is 3. The number of fused-ring (bicyclic) bond motifs is 1. The number of carbonyl (C=O) groups is 2. The van der Waals surface area contributed by atoms with Crippen molar-refractivity contribution in [2.75, 3.05) is 24.9 Å². The number of sulfone groups is 1. The van der Waals surface area contributed by atoms with Gasteiger partial charge in [-0.1, -0.05) is 6.92 Å². The minimum absolute atomic E-state index is 0.0425. The molecule has 1 aromatic carbocycles. The fraction of sp³-hybridized carbons (Fsp3) is 0.556. The molecule has 148 valence electrons. The Morgan fingerprint density at radius 2 is 2.04 bits per heavy atom. The summed E-state index contributed by atoms with van der Waals surface area (Å²) in [5, 5.41) is 0. The summed E-state index contributed by atoms with van der Waals surface area (Å²) >= 11 is 0. The van der Waals surface area contributed by atoms with Crippen LogP contribution in [0, 0.1) is 0 Å². The van der Waals surface area contributed by atoms with E-state index in [2.05, 4.69) is 0 Å². The Hall–Kier alpha value is -2.29. The van der Waals surface area contributed by atoms with Crippen LogP contribution in [0.1, 0.15) is 37.0 Å². The average molecular weight is 397 g/mol. The van der Waals surface area contributed by atoms with E-state index in [0.717, 1.165) is 0 Å². The van der Waals surface area contributed by atoms with E-state index in [1.54, 1.807) is 11.0 Å². The fourth-order valence-corrected chi connectivity index (χ4v) is 5.02. The number of nitrogens with zero attached hydrogens (tertiary/aromatic N) is 1. The van der Waals surface area contributed by atoms with E-state index in [4.69, 9.17) is 14.2 Å². The fourth-order valence-electron chi connectivity index (χ4n) is 3.31. The summed E-state index contributed by atoms with van der Waals surface area (Å²) in [5.74, 6) is 0.000140. The Labute approximate surface area is 158 Å². The highest BCUT2D eigenvalue weighted by Gasteiger charge is 2.36. The smallest absolute Gasteiger partial charge is 0.338 e.